The number of amides is 2. The van der Waals surface area contributed by atoms with Gasteiger partial charge in [0.25, 0.3) is 5.91 Å². The number of nitrogens with zero attached hydrogens (tertiary/aromatic N) is 4. The number of carbonyl (C=O) groups excluding carboxylic acids is 3. The molecule has 1 saturated heterocycles. The number of aromatic amines is 1. The second-order valence-corrected chi connectivity index (χ2v) is 9.78. The number of likely N-dealkylation sites (N-methyl/N-ethyl adjacent to an activating group) is 1. The number of aromatic nitrogens is 2. The number of benzene rings is 2. The fraction of sp³-hybridized carbons (Fsp3) is 0.333. The lowest BCUT2D eigenvalue weighted by Crippen LogP contribution is -2.44. The highest BCUT2D eigenvalue weighted by Gasteiger charge is 2.39. The maximum Gasteiger partial charge on any atom is 0.256 e. The number of fused-ring (bicyclic) bond motifs is 2. The Morgan fingerprint density at radius 2 is 1.75 bits per heavy atom. The fourth-order valence-electron chi connectivity index (χ4n) is 5.37. The summed E-state index contributed by atoms with van der Waals surface area (Å²) in [5.41, 5.74) is 4.72. The van der Waals surface area contributed by atoms with Gasteiger partial charge in [0.1, 0.15) is 0 Å². The van der Waals surface area contributed by atoms with E-state index in [1.807, 2.05) is 42.5 Å². The summed E-state index contributed by atoms with van der Waals surface area (Å²) in [6.07, 6.45) is 0.203. The van der Waals surface area contributed by atoms with E-state index < -0.39 is 5.92 Å². The molecule has 0 saturated carbocycles. The predicted octanol–water partition coefficient (Wildman–Crippen LogP) is 2.63. The molecule has 0 radical (unpaired) electrons. The summed E-state index contributed by atoms with van der Waals surface area (Å²) in [7, 11) is 2.13. The average Bonchev–Trinajstić information content (AvgIpc) is 3.58. The second kappa shape index (κ2) is 8.91. The molecular formula is C27H28N6O3. The minimum Gasteiger partial charge on any atom is -0.369 e. The molecule has 0 spiro atoms. The van der Waals surface area contributed by atoms with Crippen LogP contribution in [-0.2, 0) is 17.9 Å². The van der Waals surface area contributed by atoms with Gasteiger partial charge in [-0.2, -0.15) is 5.10 Å². The topological polar surface area (TPSA) is 102 Å². The summed E-state index contributed by atoms with van der Waals surface area (Å²) < 4.78 is 0. The highest BCUT2D eigenvalue weighted by molar-refractivity contribution is 6.07. The van der Waals surface area contributed by atoms with Gasteiger partial charge in [0.05, 0.1) is 24.7 Å². The van der Waals surface area contributed by atoms with Crippen LogP contribution in [0.15, 0.2) is 48.5 Å². The van der Waals surface area contributed by atoms with E-state index in [9.17, 15) is 14.4 Å². The first-order valence-corrected chi connectivity index (χ1v) is 12.3. The molecule has 3 aliphatic rings. The van der Waals surface area contributed by atoms with Crippen LogP contribution in [0, 0.1) is 0 Å². The van der Waals surface area contributed by atoms with E-state index in [-0.39, 0.29) is 24.0 Å². The molecule has 9 heteroatoms. The van der Waals surface area contributed by atoms with Gasteiger partial charge in [-0.15, -0.1) is 0 Å². The lowest BCUT2D eigenvalue weighted by Gasteiger charge is -2.34. The van der Waals surface area contributed by atoms with E-state index >= 15 is 0 Å². The molecule has 36 heavy (non-hydrogen) atoms. The van der Waals surface area contributed by atoms with Crippen molar-refractivity contribution in [3.63, 3.8) is 0 Å². The van der Waals surface area contributed by atoms with Crippen molar-refractivity contribution in [3.8, 4) is 0 Å². The van der Waals surface area contributed by atoms with Gasteiger partial charge in [-0.1, -0.05) is 24.3 Å². The Hall–Kier alpha value is -3.98. The minimum atomic E-state index is -0.456. The number of nitrogens with one attached hydrogen (secondary N) is 2. The molecule has 1 atom stereocenters. The predicted molar refractivity (Wildman–Crippen MR) is 135 cm³/mol. The lowest BCUT2D eigenvalue weighted by molar-refractivity contribution is -0.133. The van der Waals surface area contributed by atoms with Gasteiger partial charge < -0.3 is 20.0 Å². The summed E-state index contributed by atoms with van der Waals surface area (Å²) in [5, 5.41) is 10.1. The Morgan fingerprint density at radius 3 is 2.53 bits per heavy atom. The molecule has 3 heterocycles. The van der Waals surface area contributed by atoms with Crippen LogP contribution in [0.25, 0.3) is 0 Å². The summed E-state index contributed by atoms with van der Waals surface area (Å²) in [6, 6.07) is 15.0. The first-order chi connectivity index (χ1) is 17.5. The number of hydrogen-bond acceptors (Lipinski definition) is 6. The summed E-state index contributed by atoms with van der Waals surface area (Å²) in [6.45, 7) is 4.71. The zero-order valence-electron chi connectivity index (χ0n) is 20.2. The number of piperazine rings is 1. The van der Waals surface area contributed by atoms with Gasteiger partial charge in [0.15, 0.2) is 11.6 Å². The molecule has 2 N–H and O–H groups in total. The molecule has 6 rings (SSSR count). The van der Waals surface area contributed by atoms with Crippen LogP contribution in [0.1, 0.15) is 49.9 Å². The molecule has 1 unspecified atom stereocenters. The van der Waals surface area contributed by atoms with Gasteiger partial charge >= 0.3 is 0 Å². The second-order valence-electron chi connectivity index (χ2n) is 9.78. The third-order valence-corrected chi connectivity index (χ3v) is 7.52. The van der Waals surface area contributed by atoms with Crippen LogP contribution in [0.2, 0.25) is 0 Å². The van der Waals surface area contributed by atoms with E-state index in [1.54, 1.807) is 11.0 Å². The molecule has 2 aromatic carbocycles. The van der Waals surface area contributed by atoms with Gasteiger partial charge in [0.2, 0.25) is 5.91 Å². The SMILES string of the molecule is CN1CCN(c2ccc(C(=O)Nc3n[nH]c4c3CN(C(=O)C3CC(=O)c5ccccc53)C4)cc2)CC1. The number of carbonyl (C=O) groups is 3. The number of H-pyrrole nitrogens is 1. The monoisotopic (exact) mass is 484 g/mol. The normalized spacial score (nSPS) is 19.4. The fourth-order valence-corrected chi connectivity index (χ4v) is 5.37. The van der Waals surface area contributed by atoms with Crippen molar-refractivity contribution in [3.05, 3.63) is 76.5 Å². The average molecular weight is 485 g/mol. The van der Waals surface area contributed by atoms with Crippen molar-refractivity contribution >= 4 is 29.1 Å². The maximum atomic E-state index is 13.3. The number of rotatable bonds is 4. The highest BCUT2D eigenvalue weighted by atomic mass is 16.2. The van der Waals surface area contributed by atoms with Crippen LogP contribution >= 0.6 is 0 Å². The maximum absolute atomic E-state index is 13.3. The Morgan fingerprint density at radius 1 is 1.00 bits per heavy atom. The molecule has 3 aromatic rings. The van der Waals surface area contributed by atoms with Crippen molar-refractivity contribution < 1.29 is 14.4 Å². The minimum absolute atomic E-state index is 0.00919. The lowest BCUT2D eigenvalue weighted by atomic mass is 10.00. The standard InChI is InChI=1S/C27H28N6O3/c1-31-10-12-32(13-11-31)18-8-6-17(7-9-18)26(35)28-25-22-15-33(16-23(22)29-30-25)27(36)21-14-24(34)20-5-3-2-4-19(20)21/h2-9,21H,10-16H2,1H3,(H2,28,29,30,35). The summed E-state index contributed by atoms with van der Waals surface area (Å²) in [4.78, 5) is 45.0. The molecule has 2 aliphatic heterocycles. The Balaban J connectivity index is 1.12. The zero-order chi connectivity index (χ0) is 24.8. The Labute approximate surface area is 209 Å². The van der Waals surface area contributed by atoms with Crippen LogP contribution in [0.3, 0.4) is 0 Å². The smallest absolute Gasteiger partial charge is 0.256 e. The molecule has 1 aromatic heterocycles. The Bertz CT molecular complexity index is 1340. The summed E-state index contributed by atoms with van der Waals surface area (Å²) in [5.74, 6) is -0.321. The number of anilines is 2. The molecule has 0 bridgehead atoms. The van der Waals surface area contributed by atoms with E-state index in [2.05, 4.69) is 32.4 Å². The van der Waals surface area contributed by atoms with Crippen molar-refractivity contribution in [1.29, 1.82) is 0 Å². The van der Waals surface area contributed by atoms with Gasteiger partial charge in [0, 0.05) is 55.0 Å². The third-order valence-electron chi connectivity index (χ3n) is 7.52. The molecular weight excluding hydrogens is 456 g/mol. The van der Waals surface area contributed by atoms with E-state index in [0.717, 1.165) is 48.7 Å². The molecule has 1 fully saturated rings. The third kappa shape index (κ3) is 3.95. The number of Topliss-reactive ketones (excluding diaryl/α,β-unsaturated/α-hetero) is 1. The van der Waals surface area contributed by atoms with E-state index in [1.165, 1.54) is 0 Å². The van der Waals surface area contributed by atoms with Gasteiger partial charge in [-0.05, 0) is 36.9 Å². The molecule has 9 nitrogen and oxygen atoms in total. The highest BCUT2D eigenvalue weighted by Crippen LogP contribution is 2.37. The van der Waals surface area contributed by atoms with Gasteiger partial charge in [-0.3, -0.25) is 19.5 Å². The molecule has 2 amide bonds. The first kappa shape index (κ1) is 22.5. The van der Waals surface area contributed by atoms with E-state index in [4.69, 9.17) is 0 Å². The van der Waals surface area contributed by atoms with E-state index in [0.29, 0.717) is 30.0 Å². The van der Waals surface area contributed by atoms with Crippen LogP contribution in [-0.4, -0.2) is 70.8 Å². The van der Waals surface area contributed by atoms with Crippen molar-refractivity contribution in [2.75, 3.05) is 43.4 Å². The quantitative estimate of drug-likeness (QED) is 0.590. The largest absolute Gasteiger partial charge is 0.369 e. The van der Waals surface area contributed by atoms with Crippen LogP contribution in [0.4, 0.5) is 11.5 Å². The first-order valence-electron chi connectivity index (χ1n) is 12.3. The molecule has 1 aliphatic carbocycles. The zero-order valence-corrected chi connectivity index (χ0v) is 20.2. The Kier molecular flexibility index (Phi) is 5.56. The summed E-state index contributed by atoms with van der Waals surface area (Å²) >= 11 is 0. The van der Waals surface area contributed by atoms with Gasteiger partial charge in [-0.25, -0.2) is 0 Å². The van der Waals surface area contributed by atoms with Crippen molar-refractivity contribution in [2.24, 2.45) is 0 Å². The van der Waals surface area contributed by atoms with Crippen molar-refractivity contribution in [1.82, 2.24) is 20.0 Å². The molecule has 184 valence electrons. The van der Waals surface area contributed by atoms with Crippen LogP contribution < -0.4 is 10.2 Å². The van der Waals surface area contributed by atoms with Crippen molar-refractivity contribution in [2.45, 2.75) is 25.4 Å². The number of hydrogen-bond donors (Lipinski definition) is 2. The number of ketones is 1. The van der Waals surface area contributed by atoms with Crippen LogP contribution in [0.5, 0.6) is 0 Å².